The molecule has 0 aromatic heterocycles. The predicted octanol–water partition coefficient (Wildman–Crippen LogP) is 0.746. The number of nitrogens with zero attached hydrogens (tertiary/aromatic N) is 2. The summed E-state index contributed by atoms with van der Waals surface area (Å²) in [6.45, 7) is -0.327. The summed E-state index contributed by atoms with van der Waals surface area (Å²) in [6, 6.07) is 9.82. The van der Waals surface area contributed by atoms with Crippen LogP contribution in [-0.2, 0) is 4.79 Å². The molecule has 0 atom stereocenters. The Hall–Kier alpha value is -4.28. The summed E-state index contributed by atoms with van der Waals surface area (Å²) in [4.78, 5) is 59.8. The van der Waals surface area contributed by atoms with Gasteiger partial charge in [-0.3, -0.25) is 34.2 Å². The molecule has 0 aliphatic carbocycles. The summed E-state index contributed by atoms with van der Waals surface area (Å²) in [5.41, 5.74) is -0.0000394. The molecule has 2 aromatic carbocycles. The van der Waals surface area contributed by atoms with Gasteiger partial charge in [0.2, 0.25) is 5.91 Å². The topological polar surface area (TPSA) is 148 Å². The Labute approximate surface area is 176 Å². The van der Waals surface area contributed by atoms with E-state index in [4.69, 9.17) is 4.74 Å². The van der Waals surface area contributed by atoms with E-state index < -0.39 is 29.2 Å². The number of non-ortho nitro benzene ring substituents is 1. The number of amides is 4. The molecule has 3 rings (SSSR count). The van der Waals surface area contributed by atoms with Crippen molar-refractivity contribution in [2.24, 2.45) is 0 Å². The van der Waals surface area contributed by atoms with Gasteiger partial charge in [-0.1, -0.05) is 0 Å². The average Bonchev–Trinajstić information content (AvgIpc) is 3.00. The number of methoxy groups -OCH3 is 1. The zero-order valence-corrected chi connectivity index (χ0v) is 16.4. The van der Waals surface area contributed by atoms with Crippen LogP contribution in [0.3, 0.4) is 0 Å². The number of fused-ring (bicyclic) bond motifs is 1. The van der Waals surface area contributed by atoms with E-state index in [-0.39, 0.29) is 35.8 Å². The monoisotopic (exact) mass is 426 g/mol. The van der Waals surface area contributed by atoms with Crippen LogP contribution in [0.4, 0.5) is 5.69 Å². The highest BCUT2D eigenvalue weighted by Crippen LogP contribution is 2.26. The van der Waals surface area contributed by atoms with Gasteiger partial charge in [-0.05, 0) is 30.3 Å². The number of hydrogen-bond donors (Lipinski definition) is 2. The average molecular weight is 426 g/mol. The van der Waals surface area contributed by atoms with E-state index in [2.05, 4.69) is 10.6 Å². The fraction of sp³-hybridized carbons (Fsp3) is 0.200. The second-order valence-corrected chi connectivity index (χ2v) is 6.52. The number of benzene rings is 2. The van der Waals surface area contributed by atoms with Crippen LogP contribution in [0, 0.1) is 10.1 Å². The van der Waals surface area contributed by atoms with E-state index in [1.807, 2.05) is 0 Å². The molecule has 1 aliphatic rings. The minimum Gasteiger partial charge on any atom is -0.497 e. The van der Waals surface area contributed by atoms with E-state index in [9.17, 15) is 29.3 Å². The third-order valence-corrected chi connectivity index (χ3v) is 4.55. The second kappa shape index (κ2) is 9.03. The van der Waals surface area contributed by atoms with Gasteiger partial charge in [-0.25, -0.2) is 0 Å². The van der Waals surface area contributed by atoms with Crippen molar-refractivity contribution in [3.05, 3.63) is 69.3 Å². The van der Waals surface area contributed by atoms with Gasteiger partial charge in [0.25, 0.3) is 23.4 Å². The standard InChI is InChI=1S/C20H18N4O7/c1-31-14-5-2-12(3-6-14)18(26)22-9-8-21-17(25)11-23-19(27)15-7-4-13(24(29)30)10-16(15)20(23)28/h2-7,10H,8-9,11H2,1H3,(H,21,25)(H,22,26). The minimum atomic E-state index is -0.772. The lowest BCUT2D eigenvalue weighted by Gasteiger charge is -2.13. The summed E-state index contributed by atoms with van der Waals surface area (Å²) in [7, 11) is 1.52. The summed E-state index contributed by atoms with van der Waals surface area (Å²) in [5.74, 6) is -1.79. The minimum absolute atomic E-state index is 0.00940. The van der Waals surface area contributed by atoms with Crippen molar-refractivity contribution >= 4 is 29.3 Å². The highest BCUT2D eigenvalue weighted by molar-refractivity contribution is 6.22. The van der Waals surface area contributed by atoms with Gasteiger partial charge >= 0.3 is 0 Å². The lowest BCUT2D eigenvalue weighted by Crippen LogP contribution is -2.42. The molecule has 160 valence electrons. The van der Waals surface area contributed by atoms with E-state index in [1.54, 1.807) is 24.3 Å². The van der Waals surface area contributed by atoms with Crippen LogP contribution in [0.15, 0.2) is 42.5 Å². The van der Waals surface area contributed by atoms with Gasteiger partial charge in [-0.15, -0.1) is 0 Å². The second-order valence-electron chi connectivity index (χ2n) is 6.52. The van der Waals surface area contributed by atoms with Gasteiger partial charge in [0.1, 0.15) is 12.3 Å². The Balaban J connectivity index is 1.48. The Bertz CT molecular complexity index is 1070. The number of carbonyl (C=O) groups excluding carboxylic acids is 4. The highest BCUT2D eigenvalue weighted by atomic mass is 16.6. The van der Waals surface area contributed by atoms with Gasteiger partial charge in [0.15, 0.2) is 0 Å². The van der Waals surface area contributed by atoms with Gasteiger partial charge in [0, 0.05) is 30.8 Å². The van der Waals surface area contributed by atoms with Crippen molar-refractivity contribution in [1.29, 1.82) is 0 Å². The number of hydrogen-bond acceptors (Lipinski definition) is 7. The summed E-state index contributed by atoms with van der Waals surface area (Å²) >= 11 is 0. The molecule has 31 heavy (non-hydrogen) atoms. The first-order chi connectivity index (χ1) is 14.8. The zero-order chi connectivity index (χ0) is 22.5. The first-order valence-corrected chi connectivity index (χ1v) is 9.15. The van der Waals surface area contributed by atoms with E-state index in [0.717, 1.165) is 17.0 Å². The Morgan fingerprint density at radius 2 is 1.65 bits per heavy atom. The maximum absolute atomic E-state index is 12.4. The molecule has 0 saturated heterocycles. The molecular weight excluding hydrogens is 408 g/mol. The lowest BCUT2D eigenvalue weighted by molar-refractivity contribution is -0.384. The van der Waals surface area contributed by atoms with Crippen LogP contribution in [0.25, 0.3) is 0 Å². The van der Waals surface area contributed by atoms with Crippen LogP contribution in [-0.4, -0.2) is 60.2 Å². The molecule has 1 aliphatic heterocycles. The third-order valence-electron chi connectivity index (χ3n) is 4.55. The molecule has 11 nitrogen and oxygen atoms in total. The third kappa shape index (κ3) is 4.66. The number of ether oxygens (including phenoxy) is 1. The van der Waals surface area contributed by atoms with Crippen molar-refractivity contribution in [1.82, 2.24) is 15.5 Å². The van der Waals surface area contributed by atoms with Gasteiger partial charge < -0.3 is 15.4 Å². The first-order valence-electron chi connectivity index (χ1n) is 9.15. The molecule has 4 amide bonds. The predicted molar refractivity (Wildman–Crippen MR) is 107 cm³/mol. The Morgan fingerprint density at radius 1 is 1.00 bits per heavy atom. The molecule has 0 fully saturated rings. The molecule has 2 aromatic rings. The number of nitro groups is 1. The van der Waals surface area contributed by atoms with E-state index in [1.165, 1.54) is 13.2 Å². The molecule has 0 unspecified atom stereocenters. The largest absolute Gasteiger partial charge is 0.497 e. The number of nitro benzene ring substituents is 1. The molecule has 0 bridgehead atoms. The summed E-state index contributed by atoms with van der Waals surface area (Å²) in [6.07, 6.45) is 0. The molecule has 0 saturated carbocycles. The van der Waals surface area contributed by atoms with Crippen molar-refractivity contribution in [3.8, 4) is 5.75 Å². The fourth-order valence-electron chi connectivity index (χ4n) is 2.96. The fourth-order valence-corrected chi connectivity index (χ4v) is 2.96. The molecule has 1 heterocycles. The quantitative estimate of drug-likeness (QED) is 0.274. The summed E-state index contributed by atoms with van der Waals surface area (Å²) < 4.78 is 5.02. The van der Waals surface area contributed by atoms with Crippen LogP contribution in [0.2, 0.25) is 0 Å². The number of carbonyl (C=O) groups is 4. The lowest BCUT2D eigenvalue weighted by atomic mass is 10.1. The van der Waals surface area contributed by atoms with Gasteiger partial charge in [-0.2, -0.15) is 0 Å². The van der Waals surface area contributed by atoms with Crippen molar-refractivity contribution in [3.63, 3.8) is 0 Å². The zero-order valence-electron chi connectivity index (χ0n) is 16.4. The Morgan fingerprint density at radius 3 is 2.29 bits per heavy atom. The Kier molecular flexibility index (Phi) is 6.24. The molecule has 2 N–H and O–H groups in total. The number of rotatable bonds is 8. The SMILES string of the molecule is COc1ccc(C(=O)NCCNC(=O)CN2C(=O)c3ccc([N+](=O)[O-])cc3C2=O)cc1. The van der Waals surface area contributed by atoms with Crippen molar-refractivity contribution in [2.75, 3.05) is 26.7 Å². The van der Waals surface area contributed by atoms with Crippen LogP contribution >= 0.6 is 0 Å². The smallest absolute Gasteiger partial charge is 0.270 e. The number of imide groups is 1. The number of nitrogens with one attached hydrogen (secondary N) is 2. The molecular formula is C20H18N4O7. The van der Waals surface area contributed by atoms with Crippen LogP contribution < -0.4 is 15.4 Å². The molecule has 0 radical (unpaired) electrons. The highest BCUT2D eigenvalue weighted by Gasteiger charge is 2.37. The maximum Gasteiger partial charge on any atom is 0.270 e. The van der Waals surface area contributed by atoms with E-state index >= 15 is 0 Å². The molecule has 0 spiro atoms. The van der Waals surface area contributed by atoms with Crippen molar-refractivity contribution < 1.29 is 28.8 Å². The first kappa shape index (κ1) is 21.4. The summed E-state index contributed by atoms with van der Waals surface area (Å²) in [5, 5.41) is 16.0. The van der Waals surface area contributed by atoms with Crippen molar-refractivity contribution in [2.45, 2.75) is 0 Å². The maximum atomic E-state index is 12.4. The molecule has 11 heteroatoms. The van der Waals surface area contributed by atoms with E-state index in [0.29, 0.717) is 11.3 Å². The normalized spacial score (nSPS) is 12.4. The van der Waals surface area contributed by atoms with Crippen LogP contribution in [0.5, 0.6) is 5.75 Å². The van der Waals surface area contributed by atoms with Gasteiger partial charge in [0.05, 0.1) is 23.2 Å². The van der Waals surface area contributed by atoms with Crippen LogP contribution in [0.1, 0.15) is 31.1 Å².